The van der Waals surface area contributed by atoms with Gasteiger partial charge in [0.25, 0.3) is 0 Å². The second-order valence-electron chi connectivity index (χ2n) is 2.35. The van der Waals surface area contributed by atoms with Crippen LogP contribution in [0.15, 0.2) is 11.5 Å². The minimum absolute atomic E-state index is 0.0155. The zero-order valence-electron chi connectivity index (χ0n) is 6.02. The Balaban J connectivity index is 2.51. The highest BCUT2D eigenvalue weighted by molar-refractivity contribution is 7.94. The van der Waals surface area contributed by atoms with Gasteiger partial charge in [0.2, 0.25) is 0 Å². The molecule has 12 heavy (non-hydrogen) atoms. The zero-order chi connectivity index (χ0) is 9.19. The van der Waals surface area contributed by atoms with Crippen LogP contribution in [-0.2, 0) is 9.84 Å². The molecule has 0 aromatic carbocycles. The molecule has 0 radical (unpaired) electrons. The third kappa shape index (κ3) is 2.43. The lowest BCUT2D eigenvalue weighted by Gasteiger charge is -2.10. The van der Waals surface area contributed by atoms with Crippen LogP contribution >= 0.6 is 12.2 Å². The van der Waals surface area contributed by atoms with Gasteiger partial charge in [-0.2, -0.15) is 0 Å². The van der Waals surface area contributed by atoms with E-state index in [1.54, 1.807) is 5.48 Å². The molecule has 5 nitrogen and oxygen atoms in total. The van der Waals surface area contributed by atoms with Gasteiger partial charge < -0.3 is 5.32 Å². The van der Waals surface area contributed by atoms with Gasteiger partial charge in [0.15, 0.2) is 14.9 Å². The van der Waals surface area contributed by atoms with Crippen LogP contribution in [0.3, 0.4) is 0 Å². The molecule has 0 saturated carbocycles. The summed E-state index contributed by atoms with van der Waals surface area (Å²) in [5.41, 5.74) is 1.71. The Bertz CT molecular complexity index is 309. The van der Waals surface area contributed by atoms with E-state index in [9.17, 15) is 8.42 Å². The molecule has 1 atom stereocenters. The summed E-state index contributed by atoms with van der Waals surface area (Å²) in [7, 11) is -3.06. The summed E-state index contributed by atoms with van der Waals surface area (Å²) in [6.07, 6.45) is 1.49. The highest BCUT2D eigenvalue weighted by atomic mass is 32.2. The average molecular weight is 208 g/mol. The van der Waals surface area contributed by atoms with Crippen molar-refractivity contribution in [2.24, 2.45) is 0 Å². The van der Waals surface area contributed by atoms with Crippen LogP contribution < -0.4 is 10.8 Å². The fourth-order valence-corrected chi connectivity index (χ4v) is 2.25. The fourth-order valence-electron chi connectivity index (χ4n) is 0.866. The quantitative estimate of drug-likeness (QED) is 0.385. The SMILES string of the molecule is O=S1(=O)C=CC(NC(=S)NO)C1. The smallest absolute Gasteiger partial charge is 0.190 e. The Morgan fingerprint density at radius 3 is 2.75 bits per heavy atom. The molecule has 0 aromatic rings. The van der Waals surface area contributed by atoms with Gasteiger partial charge >= 0.3 is 0 Å². The number of rotatable bonds is 1. The average Bonchev–Trinajstić information content (AvgIpc) is 2.30. The molecule has 0 bridgehead atoms. The molecule has 68 valence electrons. The van der Waals surface area contributed by atoms with Crippen LogP contribution in [0.2, 0.25) is 0 Å². The Hall–Kier alpha value is -0.660. The highest BCUT2D eigenvalue weighted by Crippen LogP contribution is 2.07. The molecule has 0 spiro atoms. The minimum atomic E-state index is -3.06. The van der Waals surface area contributed by atoms with Crippen molar-refractivity contribution in [1.82, 2.24) is 10.8 Å². The van der Waals surface area contributed by atoms with Crippen LogP contribution in [0.5, 0.6) is 0 Å². The van der Waals surface area contributed by atoms with E-state index in [0.717, 1.165) is 5.41 Å². The summed E-state index contributed by atoms with van der Waals surface area (Å²) in [6.45, 7) is 0. The first-order chi connectivity index (χ1) is 5.53. The largest absolute Gasteiger partial charge is 0.354 e. The van der Waals surface area contributed by atoms with Gasteiger partial charge in [0.1, 0.15) is 0 Å². The van der Waals surface area contributed by atoms with Crippen molar-refractivity contribution in [2.75, 3.05) is 5.75 Å². The van der Waals surface area contributed by atoms with E-state index in [0.29, 0.717) is 0 Å². The first-order valence-corrected chi connectivity index (χ1v) is 5.27. The Morgan fingerprint density at radius 1 is 1.67 bits per heavy atom. The van der Waals surface area contributed by atoms with Crippen molar-refractivity contribution in [3.8, 4) is 0 Å². The standard InChI is InChI=1S/C5H8N2O3S2/c8-7-5(11)6-4-1-2-12(9,10)3-4/h1-2,4,8H,3H2,(H2,6,7,11). The third-order valence-electron chi connectivity index (χ3n) is 1.35. The van der Waals surface area contributed by atoms with Crippen LogP contribution in [0.4, 0.5) is 0 Å². The summed E-state index contributed by atoms with van der Waals surface area (Å²) in [4.78, 5) is 0. The van der Waals surface area contributed by atoms with Crippen molar-refractivity contribution in [2.45, 2.75) is 6.04 Å². The second-order valence-corrected chi connectivity index (χ2v) is 4.69. The third-order valence-corrected chi connectivity index (χ3v) is 2.95. The Morgan fingerprint density at radius 2 is 2.33 bits per heavy atom. The van der Waals surface area contributed by atoms with Crippen LogP contribution in [0.1, 0.15) is 0 Å². The monoisotopic (exact) mass is 208 g/mol. The number of hydrogen-bond donors (Lipinski definition) is 3. The molecule has 3 N–H and O–H groups in total. The van der Waals surface area contributed by atoms with Gasteiger partial charge in [0.05, 0.1) is 11.8 Å². The van der Waals surface area contributed by atoms with E-state index in [1.165, 1.54) is 6.08 Å². The van der Waals surface area contributed by atoms with Crippen molar-refractivity contribution in [1.29, 1.82) is 0 Å². The molecule has 0 aliphatic carbocycles. The van der Waals surface area contributed by atoms with Crippen molar-refractivity contribution in [3.05, 3.63) is 11.5 Å². The summed E-state index contributed by atoms with van der Waals surface area (Å²) >= 11 is 4.57. The van der Waals surface area contributed by atoms with E-state index in [2.05, 4.69) is 17.5 Å². The lowest BCUT2D eigenvalue weighted by molar-refractivity contribution is 0.232. The van der Waals surface area contributed by atoms with Crippen LogP contribution in [0, 0.1) is 0 Å². The topological polar surface area (TPSA) is 78.4 Å². The molecule has 0 fully saturated rings. The summed E-state index contributed by atoms with van der Waals surface area (Å²) < 4.78 is 21.7. The van der Waals surface area contributed by atoms with Gasteiger partial charge in [-0.1, -0.05) is 0 Å². The van der Waals surface area contributed by atoms with E-state index in [1.807, 2.05) is 0 Å². The lowest BCUT2D eigenvalue weighted by atomic mass is 10.3. The summed E-state index contributed by atoms with van der Waals surface area (Å²) in [6, 6.07) is -0.345. The molecule has 0 amide bonds. The number of nitrogens with one attached hydrogen (secondary N) is 2. The maximum atomic E-state index is 10.9. The Labute approximate surface area is 75.3 Å². The van der Waals surface area contributed by atoms with Gasteiger partial charge in [-0.15, -0.1) is 0 Å². The van der Waals surface area contributed by atoms with Gasteiger partial charge in [-0.3, -0.25) is 5.21 Å². The first kappa shape index (κ1) is 9.43. The molecule has 0 aromatic heterocycles. The summed E-state index contributed by atoms with van der Waals surface area (Å²) in [5, 5.41) is 12.0. The zero-order valence-corrected chi connectivity index (χ0v) is 7.65. The minimum Gasteiger partial charge on any atom is -0.354 e. The number of sulfone groups is 1. The number of hydroxylamine groups is 1. The van der Waals surface area contributed by atoms with Gasteiger partial charge in [0, 0.05) is 5.41 Å². The van der Waals surface area contributed by atoms with E-state index in [4.69, 9.17) is 5.21 Å². The molecule has 1 heterocycles. The van der Waals surface area contributed by atoms with Gasteiger partial charge in [-0.25, -0.2) is 13.9 Å². The molecular weight excluding hydrogens is 200 g/mol. The molecule has 1 aliphatic rings. The lowest BCUT2D eigenvalue weighted by Crippen LogP contribution is -2.40. The van der Waals surface area contributed by atoms with Crippen molar-refractivity contribution in [3.63, 3.8) is 0 Å². The maximum Gasteiger partial charge on any atom is 0.190 e. The predicted molar refractivity (Wildman–Crippen MR) is 47.4 cm³/mol. The maximum absolute atomic E-state index is 10.9. The number of thiocarbonyl (C=S) groups is 1. The van der Waals surface area contributed by atoms with Crippen molar-refractivity contribution >= 4 is 27.2 Å². The molecular formula is C5H8N2O3S2. The number of hydrogen-bond acceptors (Lipinski definition) is 4. The van der Waals surface area contributed by atoms with E-state index >= 15 is 0 Å². The molecule has 7 heteroatoms. The highest BCUT2D eigenvalue weighted by Gasteiger charge is 2.21. The molecule has 1 rings (SSSR count). The normalized spacial score (nSPS) is 25.2. The first-order valence-electron chi connectivity index (χ1n) is 3.15. The molecule has 1 unspecified atom stereocenters. The second kappa shape index (κ2) is 3.38. The fraction of sp³-hybridized carbons (Fsp3) is 0.400. The van der Waals surface area contributed by atoms with Gasteiger partial charge in [-0.05, 0) is 18.3 Å². The van der Waals surface area contributed by atoms with Crippen LogP contribution in [-0.4, -0.2) is 30.5 Å². The summed E-state index contributed by atoms with van der Waals surface area (Å²) in [5.74, 6) is -0.0190. The predicted octanol–water partition coefficient (Wildman–Crippen LogP) is -0.850. The van der Waals surface area contributed by atoms with E-state index in [-0.39, 0.29) is 16.9 Å². The van der Waals surface area contributed by atoms with E-state index < -0.39 is 9.84 Å². The van der Waals surface area contributed by atoms with Crippen molar-refractivity contribution < 1.29 is 13.6 Å². The van der Waals surface area contributed by atoms with Crippen LogP contribution in [0.25, 0.3) is 0 Å². The molecule has 0 saturated heterocycles. The Kier molecular flexibility index (Phi) is 2.65. The molecule has 1 aliphatic heterocycles.